The minimum absolute atomic E-state index is 0.0245. The maximum absolute atomic E-state index is 13.7. The molecule has 4 rings (SSSR count). The maximum Gasteiger partial charge on any atom is 0.490 e. The van der Waals surface area contributed by atoms with Crippen LogP contribution in [0.3, 0.4) is 0 Å². The number of amides is 6. The number of fused-ring (bicyclic) bond motifs is 1. The number of unbranched alkanes of at least 4 members (excludes halogenated alkanes) is 4. The van der Waals surface area contributed by atoms with E-state index in [-0.39, 0.29) is 72.4 Å². The van der Waals surface area contributed by atoms with E-state index in [0.717, 1.165) is 29.9 Å². The van der Waals surface area contributed by atoms with Gasteiger partial charge in [-0.1, -0.05) is 59.6 Å². The number of rotatable bonds is 39. The van der Waals surface area contributed by atoms with E-state index in [2.05, 4.69) is 70.7 Å². The summed E-state index contributed by atoms with van der Waals surface area (Å²) < 4.78 is 51.8. The van der Waals surface area contributed by atoms with Gasteiger partial charge in [-0.2, -0.15) is 20.4 Å². The SMILES string of the molecule is CCC(CC(=O)C(CC(=O)O)NC(=O)CCCCCCC(=O)C(CCC(C)(C)SSCCC(=O)NCC#CC1=CN(C2CC(O)C(COP(=O)(O)OP(=O)(O)OP(=O)(O)O)O2)C(=O)NC1N)NCCCCC1SC[C@@H]2NC(=O)N[C@H]12)C(=O)O. The summed E-state index contributed by atoms with van der Waals surface area (Å²) in [6.07, 6.45) is 1.62. The second-order valence-electron chi connectivity index (χ2n) is 20.6. The molecule has 4 aliphatic heterocycles. The van der Waals surface area contributed by atoms with E-state index < -0.39 is 115 Å². The molecule has 0 aromatic carbocycles. The number of ether oxygens (including phenoxy) is 1. The summed E-state index contributed by atoms with van der Waals surface area (Å²) in [5, 5.41) is 46.5. The Bertz CT molecular complexity index is 2540. The predicted octanol–water partition coefficient (Wildman–Crippen LogP) is 2.68. The number of hydrogen-bond donors (Lipinski definition) is 14. The summed E-state index contributed by atoms with van der Waals surface area (Å²) >= 11 is 1.85. The highest BCUT2D eigenvalue weighted by Crippen LogP contribution is 2.66. The van der Waals surface area contributed by atoms with Crippen LogP contribution in [0.5, 0.6) is 0 Å². The highest BCUT2D eigenvalue weighted by atomic mass is 33.1. The number of carboxylic acid groups (broad SMARTS) is 2. The Labute approximate surface area is 492 Å². The van der Waals surface area contributed by atoms with Crippen molar-refractivity contribution >= 4 is 104 Å². The van der Waals surface area contributed by atoms with Crippen LogP contribution in [0.2, 0.25) is 0 Å². The van der Waals surface area contributed by atoms with Crippen molar-refractivity contribution in [3.05, 3.63) is 11.8 Å². The van der Waals surface area contributed by atoms with Gasteiger partial charge in [0.25, 0.3) is 0 Å². The number of carbonyl (C=O) groups excluding carboxylic acids is 6. The lowest BCUT2D eigenvalue weighted by Crippen LogP contribution is -2.54. The van der Waals surface area contributed by atoms with Crippen LogP contribution in [0.25, 0.3) is 0 Å². The third kappa shape index (κ3) is 26.5. The Morgan fingerprint density at radius 2 is 1.63 bits per heavy atom. The molecule has 10 unspecified atom stereocenters. The lowest BCUT2D eigenvalue weighted by Gasteiger charge is -2.32. The zero-order valence-corrected chi connectivity index (χ0v) is 51.2. The van der Waals surface area contributed by atoms with Gasteiger partial charge in [-0.05, 0) is 65.3 Å². The number of phosphoric ester groups is 1. The molecule has 470 valence electrons. The molecule has 3 fully saturated rings. The molecular weight excluding hydrogens is 1220 g/mol. The number of aliphatic hydroxyl groups is 1. The predicted molar refractivity (Wildman–Crippen MR) is 303 cm³/mol. The molecule has 0 aromatic rings. The van der Waals surface area contributed by atoms with Gasteiger partial charge in [-0.25, -0.2) is 23.3 Å². The quantitative estimate of drug-likeness (QED) is 0.0138. The van der Waals surface area contributed by atoms with Crippen LogP contribution in [-0.4, -0.2) is 177 Å². The van der Waals surface area contributed by atoms with Gasteiger partial charge in [0, 0.05) is 59.8 Å². The van der Waals surface area contributed by atoms with Gasteiger partial charge >= 0.3 is 47.5 Å². The first-order valence-electron chi connectivity index (χ1n) is 26.8. The number of phosphoric acid groups is 3. The number of thioether (sulfide) groups is 1. The highest BCUT2D eigenvalue weighted by Gasteiger charge is 2.45. The van der Waals surface area contributed by atoms with Crippen LogP contribution in [-0.2, 0) is 60.3 Å². The van der Waals surface area contributed by atoms with Crippen LogP contribution < -0.4 is 37.6 Å². The molecule has 36 heteroatoms. The fourth-order valence-corrected chi connectivity index (χ4v) is 16.2. The van der Waals surface area contributed by atoms with Gasteiger partial charge in [0.05, 0.1) is 61.3 Å². The zero-order chi connectivity index (χ0) is 61.7. The minimum Gasteiger partial charge on any atom is -0.481 e. The minimum atomic E-state index is -5.79. The largest absolute Gasteiger partial charge is 0.490 e. The lowest BCUT2D eigenvalue weighted by molar-refractivity contribution is -0.144. The average molecular weight is 1300 g/mol. The molecule has 0 bridgehead atoms. The van der Waals surface area contributed by atoms with Crippen molar-refractivity contribution in [1.29, 1.82) is 0 Å². The molecule has 30 nitrogen and oxygen atoms in total. The van der Waals surface area contributed by atoms with Crippen molar-refractivity contribution in [2.75, 3.05) is 31.2 Å². The number of urea groups is 2. The van der Waals surface area contributed by atoms with Crippen molar-refractivity contribution in [2.24, 2.45) is 11.7 Å². The first-order chi connectivity index (χ1) is 38.9. The van der Waals surface area contributed by atoms with Crippen LogP contribution in [0.1, 0.15) is 124 Å². The molecule has 83 heavy (non-hydrogen) atoms. The van der Waals surface area contributed by atoms with Crippen molar-refractivity contribution < 1.29 is 105 Å². The van der Waals surface area contributed by atoms with E-state index in [0.29, 0.717) is 62.5 Å². The molecule has 4 heterocycles. The van der Waals surface area contributed by atoms with Crippen molar-refractivity contribution in [3.8, 4) is 11.8 Å². The summed E-state index contributed by atoms with van der Waals surface area (Å²) in [6.45, 7) is 5.30. The molecule has 0 aliphatic carbocycles. The molecule has 0 radical (unpaired) electrons. The van der Waals surface area contributed by atoms with Gasteiger partial charge in [-0.15, -0.1) is 0 Å². The van der Waals surface area contributed by atoms with Crippen LogP contribution in [0.4, 0.5) is 9.59 Å². The number of nitrogens with zero attached hydrogens (tertiary/aromatic N) is 1. The summed E-state index contributed by atoms with van der Waals surface area (Å²) in [5.74, 6) is 1.98. The van der Waals surface area contributed by atoms with Gasteiger partial charge in [0.15, 0.2) is 5.78 Å². The molecule has 6 amide bonds. The third-order valence-electron chi connectivity index (χ3n) is 13.4. The molecule has 0 spiro atoms. The Kier molecular flexibility index (Phi) is 29.5. The van der Waals surface area contributed by atoms with E-state index >= 15 is 0 Å². The van der Waals surface area contributed by atoms with Crippen LogP contribution >= 0.6 is 56.8 Å². The molecule has 3 saturated heterocycles. The van der Waals surface area contributed by atoms with Crippen LogP contribution in [0, 0.1) is 17.8 Å². The van der Waals surface area contributed by atoms with Crippen LogP contribution in [0.15, 0.2) is 11.8 Å². The van der Waals surface area contributed by atoms with Gasteiger partial charge < -0.3 is 77.3 Å². The maximum atomic E-state index is 13.7. The second kappa shape index (κ2) is 34.0. The van der Waals surface area contributed by atoms with Crippen molar-refractivity contribution in [2.45, 2.75) is 182 Å². The average Bonchev–Trinajstić information content (AvgIpc) is 4.11. The number of hydrogen-bond acceptors (Lipinski definition) is 21. The van der Waals surface area contributed by atoms with Crippen molar-refractivity contribution in [3.63, 3.8) is 0 Å². The second-order valence-corrected chi connectivity index (χ2v) is 29.4. The first kappa shape index (κ1) is 71.8. The van der Waals surface area contributed by atoms with E-state index in [1.807, 2.05) is 11.8 Å². The number of nitrogens with two attached hydrogens (primary N) is 1. The molecule has 12 atom stereocenters. The number of Topliss-reactive ketones (excluding diaryl/α,β-unsaturated/α-hetero) is 2. The molecule has 4 aliphatic rings. The zero-order valence-electron chi connectivity index (χ0n) is 46.0. The summed E-state index contributed by atoms with van der Waals surface area (Å²) in [4.78, 5) is 137. The fourth-order valence-electron chi connectivity index (χ4n) is 9.01. The Morgan fingerprint density at radius 3 is 2.30 bits per heavy atom. The molecular formula is C47H77N8O22P3S3. The fraction of sp³-hybridized carbons (Fsp3) is 0.745. The number of carboxylic acids is 2. The smallest absolute Gasteiger partial charge is 0.481 e. The molecule has 0 saturated carbocycles. The molecule has 0 aromatic heterocycles. The monoisotopic (exact) mass is 1290 g/mol. The number of aliphatic carboxylic acids is 2. The van der Waals surface area contributed by atoms with E-state index in [1.54, 1.807) is 17.7 Å². The highest BCUT2D eigenvalue weighted by molar-refractivity contribution is 8.77. The van der Waals surface area contributed by atoms with Gasteiger partial charge in [0.2, 0.25) is 11.8 Å². The Balaban J connectivity index is 1.20. The summed E-state index contributed by atoms with van der Waals surface area (Å²) in [5.41, 5.74) is 6.23. The molecule has 15 N–H and O–H groups in total. The number of aliphatic hydroxyl groups excluding tert-OH is 1. The number of carbonyl (C=O) groups is 8. The van der Waals surface area contributed by atoms with Gasteiger partial charge in [-0.3, -0.25) is 38.2 Å². The number of nitrogens with one attached hydrogen (secondary N) is 6. The Morgan fingerprint density at radius 1 is 0.916 bits per heavy atom. The third-order valence-corrected chi connectivity index (χ3v) is 22.1. The topological polar surface area (TPSA) is 468 Å². The normalized spacial score (nSPS) is 24.0. The number of ketones is 2. The van der Waals surface area contributed by atoms with E-state index in [9.17, 15) is 77.2 Å². The summed E-state index contributed by atoms with van der Waals surface area (Å²) in [6, 6.07) is -2.41. The van der Waals surface area contributed by atoms with E-state index in [4.69, 9.17) is 20.3 Å². The first-order valence-corrected chi connectivity index (χ1v) is 34.7. The van der Waals surface area contributed by atoms with Crippen molar-refractivity contribution in [1.82, 2.24) is 36.8 Å². The van der Waals surface area contributed by atoms with Gasteiger partial charge in [0.1, 0.15) is 24.3 Å². The van der Waals surface area contributed by atoms with E-state index in [1.165, 1.54) is 17.0 Å². The Hall–Kier alpha value is -3.64. The lowest BCUT2D eigenvalue weighted by atomic mass is 9.95. The summed E-state index contributed by atoms with van der Waals surface area (Å²) in [7, 11) is -13.8. The standard InChI is InChI=1S/C47H77N8O22P3S3/c1-4-28(44(63)64)22-34(57)31(23-41(61)62)51-39(60)15-8-6-5-7-13-33(56)30(49-19-10-9-14-37-42-32(27-81-37)52-45(65)53-42)16-18-47(2,3)83-82-21-17-38(59)50-20-11-12-29-25-55(46(66)54-43(29)48)40-24-35(58)36(75-40)26-74-79(70,71)77-80(72,73)76-78(67,68)69/h25,28,30-32,35-37,40,42-43,49,58H,4-10,13-24,26-27,48H2,1-3H3,(H,50,59)(H,51,60)(H,54,66)(H,61,62)(H,63,64)(H,70,71)(H,72,73)(H2,52,53,65)(H2,67,68,69)/t28?,30?,31?,32-,35?,36?,37?,40?,42-,43?/m0/s1.